The lowest BCUT2D eigenvalue weighted by molar-refractivity contribution is 0.0946. The molecule has 82 valence electrons. The third kappa shape index (κ3) is 2.76. The van der Waals surface area contributed by atoms with Crippen molar-refractivity contribution in [2.45, 2.75) is 25.8 Å². The average Bonchev–Trinajstić information content (AvgIpc) is 2.97. The molecule has 1 aromatic heterocycles. The summed E-state index contributed by atoms with van der Waals surface area (Å²) in [5.74, 6) is 0.498. The Morgan fingerprint density at radius 2 is 2.53 bits per heavy atom. The number of hydrogen-bond donors (Lipinski definition) is 2. The molecule has 1 unspecified atom stereocenters. The monoisotopic (exact) mass is 225 g/mol. The summed E-state index contributed by atoms with van der Waals surface area (Å²) < 4.78 is 0. The lowest BCUT2D eigenvalue weighted by Gasteiger charge is -2.10. The number of nitrogens with one attached hydrogen (secondary N) is 1. The molecule has 1 aliphatic carbocycles. The van der Waals surface area contributed by atoms with Crippen LogP contribution in [0.2, 0.25) is 0 Å². The number of carbonyl (C=O) groups is 1. The first kappa shape index (κ1) is 10.6. The molecule has 5 heteroatoms. The minimum atomic E-state index is -0.115. The fraction of sp³-hybridized carbons (Fsp3) is 0.600. The van der Waals surface area contributed by atoms with Crippen molar-refractivity contribution in [3.63, 3.8) is 0 Å². The Kier molecular flexibility index (Phi) is 3.02. The highest BCUT2D eigenvalue weighted by Gasteiger charge is 2.28. The molecule has 0 bridgehead atoms. The van der Waals surface area contributed by atoms with Gasteiger partial charge in [-0.25, -0.2) is 4.98 Å². The zero-order chi connectivity index (χ0) is 10.8. The Morgan fingerprint density at radius 3 is 3.07 bits per heavy atom. The van der Waals surface area contributed by atoms with E-state index in [2.05, 4.69) is 10.3 Å². The van der Waals surface area contributed by atoms with Gasteiger partial charge in [-0.2, -0.15) is 0 Å². The molecular formula is C10H15N3OS. The molecule has 1 atom stereocenters. The van der Waals surface area contributed by atoms with Crippen LogP contribution in [0.3, 0.4) is 0 Å². The Hall–Kier alpha value is -0.940. The molecule has 0 saturated heterocycles. The van der Waals surface area contributed by atoms with Crippen LogP contribution in [-0.4, -0.2) is 23.5 Å². The van der Waals surface area contributed by atoms with Crippen molar-refractivity contribution in [2.24, 2.45) is 11.7 Å². The lowest BCUT2D eigenvalue weighted by Crippen LogP contribution is -2.38. The molecule has 0 spiro atoms. The van der Waals surface area contributed by atoms with Crippen LogP contribution in [0.1, 0.15) is 28.3 Å². The molecule has 0 aromatic carbocycles. The number of rotatable bonds is 4. The maximum absolute atomic E-state index is 11.6. The summed E-state index contributed by atoms with van der Waals surface area (Å²) in [5, 5.41) is 5.49. The topological polar surface area (TPSA) is 68.0 Å². The van der Waals surface area contributed by atoms with Gasteiger partial charge in [0.2, 0.25) is 0 Å². The van der Waals surface area contributed by atoms with E-state index in [4.69, 9.17) is 5.73 Å². The Morgan fingerprint density at radius 1 is 1.80 bits per heavy atom. The summed E-state index contributed by atoms with van der Waals surface area (Å²) in [4.78, 5) is 15.7. The third-order valence-electron chi connectivity index (χ3n) is 2.58. The molecule has 0 aliphatic heterocycles. The van der Waals surface area contributed by atoms with Crippen LogP contribution in [0.25, 0.3) is 0 Å². The third-order valence-corrected chi connectivity index (χ3v) is 3.35. The van der Waals surface area contributed by atoms with E-state index >= 15 is 0 Å². The molecule has 0 radical (unpaired) electrons. The van der Waals surface area contributed by atoms with E-state index in [0.29, 0.717) is 18.2 Å². The van der Waals surface area contributed by atoms with Gasteiger partial charge in [0.15, 0.2) is 0 Å². The fourth-order valence-electron chi connectivity index (χ4n) is 1.46. The molecule has 2 rings (SSSR count). The first-order valence-corrected chi connectivity index (χ1v) is 6.00. The van der Waals surface area contributed by atoms with E-state index in [1.807, 2.05) is 6.92 Å². The Balaban J connectivity index is 1.81. The van der Waals surface area contributed by atoms with E-state index in [9.17, 15) is 4.79 Å². The number of hydrogen-bond acceptors (Lipinski definition) is 4. The number of thiazole rings is 1. The standard InChI is InChI=1S/C10H15N3OS/c1-6-13-9(5-15-6)10(14)12-4-8(11)7-2-3-7/h5,7-8H,2-4,11H2,1H3,(H,12,14). The minimum absolute atomic E-state index is 0.105. The zero-order valence-electron chi connectivity index (χ0n) is 8.69. The molecule has 1 heterocycles. The predicted octanol–water partition coefficient (Wildman–Crippen LogP) is 0.919. The number of nitrogens with two attached hydrogens (primary N) is 1. The van der Waals surface area contributed by atoms with Gasteiger partial charge in [0.1, 0.15) is 5.69 Å². The SMILES string of the molecule is Cc1nc(C(=O)NCC(N)C2CC2)cs1. The second-order valence-corrected chi connectivity index (χ2v) is 5.03. The highest BCUT2D eigenvalue weighted by atomic mass is 32.1. The van der Waals surface area contributed by atoms with Crippen LogP contribution < -0.4 is 11.1 Å². The maximum Gasteiger partial charge on any atom is 0.270 e. The Bertz CT molecular complexity index is 359. The van der Waals surface area contributed by atoms with Gasteiger partial charge in [-0.3, -0.25) is 4.79 Å². The van der Waals surface area contributed by atoms with Crippen molar-refractivity contribution in [3.8, 4) is 0 Å². The van der Waals surface area contributed by atoms with Gasteiger partial charge in [0.05, 0.1) is 5.01 Å². The van der Waals surface area contributed by atoms with Gasteiger partial charge in [0, 0.05) is 18.0 Å². The number of aromatic nitrogens is 1. The zero-order valence-corrected chi connectivity index (χ0v) is 9.51. The van der Waals surface area contributed by atoms with Crippen LogP contribution >= 0.6 is 11.3 Å². The summed E-state index contributed by atoms with van der Waals surface area (Å²) in [5.41, 5.74) is 6.38. The van der Waals surface area contributed by atoms with Crippen LogP contribution in [0.4, 0.5) is 0 Å². The summed E-state index contributed by atoms with van der Waals surface area (Å²) in [7, 11) is 0. The summed E-state index contributed by atoms with van der Waals surface area (Å²) in [6.07, 6.45) is 2.40. The molecule has 1 saturated carbocycles. The molecule has 4 nitrogen and oxygen atoms in total. The number of amides is 1. The smallest absolute Gasteiger partial charge is 0.270 e. The first-order chi connectivity index (χ1) is 7.16. The van der Waals surface area contributed by atoms with Gasteiger partial charge in [-0.15, -0.1) is 11.3 Å². The van der Waals surface area contributed by atoms with E-state index in [1.54, 1.807) is 5.38 Å². The average molecular weight is 225 g/mol. The predicted molar refractivity (Wildman–Crippen MR) is 59.9 cm³/mol. The molecule has 15 heavy (non-hydrogen) atoms. The molecule has 1 fully saturated rings. The molecular weight excluding hydrogens is 210 g/mol. The number of aryl methyl sites for hydroxylation is 1. The van der Waals surface area contributed by atoms with Gasteiger partial charge in [-0.1, -0.05) is 0 Å². The van der Waals surface area contributed by atoms with Crippen molar-refractivity contribution in [1.29, 1.82) is 0 Å². The second-order valence-electron chi connectivity index (χ2n) is 3.96. The normalized spacial score (nSPS) is 17.5. The van der Waals surface area contributed by atoms with Crippen molar-refractivity contribution in [2.75, 3.05) is 6.54 Å². The van der Waals surface area contributed by atoms with Crippen molar-refractivity contribution < 1.29 is 4.79 Å². The second kappa shape index (κ2) is 4.28. The van der Waals surface area contributed by atoms with E-state index in [1.165, 1.54) is 24.2 Å². The van der Waals surface area contributed by atoms with Crippen molar-refractivity contribution >= 4 is 17.2 Å². The van der Waals surface area contributed by atoms with Crippen LogP contribution in [0.15, 0.2) is 5.38 Å². The van der Waals surface area contributed by atoms with Crippen LogP contribution in [0, 0.1) is 12.8 Å². The van der Waals surface area contributed by atoms with E-state index in [0.717, 1.165) is 5.01 Å². The highest BCUT2D eigenvalue weighted by molar-refractivity contribution is 7.09. The van der Waals surface area contributed by atoms with Gasteiger partial charge < -0.3 is 11.1 Å². The molecule has 1 aliphatic rings. The van der Waals surface area contributed by atoms with Crippen molar-refractivity contribution in [1.82, 2.24) is 10.3 Å². The van der Waals surface area contributed by atoms with Gasteiger partial charge in [0.25, 0.3) is 5.91 Å². The summed E-state index contributed by atoms with van der Waals surface area (Å²) >= 11 is 1.48. The first-order valence-electron chi connectivity index (χ1n) is 5.12. The van der Waals surface area contributed by atoms with Gasteiger partial charge in [-0.05, 0) is 25.7 Å². The van der Waals surface area contributed by atoms with Crippen molar-refractivity contribution in [3.05, 3.63) is 16.1 Å². The van der Waals surface area contributed by atoms with E-state index < -0.39 is 0 Å². The maximum atomic E-state index is 11.6. The van der Waals surface area contributed by atoms with Gasteiger partial charge >= 0.3 is 0 Å². The van der Waals surface area contributed by atoms with Crippen LogP contribution in [0.5, 0.6) is 0 Å². The highest BCUT2D eigenvalue weighted by Crippen LogP contribution is 2.31. The largest absolute Gasteiger partial charge is 0.349 e. The van der Waals surface area contributed by atoms with E-state index in [-0.39, 0.29) is 11.9 Å². The summed E-state index contributed by atoms with van der Waals surface area (Å²) in [6.45, 7) is 2.44. The molecule has 1 aromatic rings. The quantitative estimate of drug-likeness (QED) is 0.800. The molecule has 3 N–H and O–H groups in total. The number of nitrogens with zero attached hydrogens (tertiary/aromatic N) is 1. The van der Waals surface area contributed by atoms with Crippen LogP contribution in [-0.2, 0) is 0 Å². The lowest BCUT2D eigenvalue weighted by atomic mass is 10.2. The fourth-order valence-corrected chi connectivity index (χ4v) is 2.05. The minimum Gasteiger partial charge on any atom is -0.349 e. The molecule has 1 amide bonds. The summed E-state index contributed by atoms with van der Waals surface area (Å²) in [6, 6.07) is 0.105. The Labute approximate surface area is 92.9 Å². The number of carbonyl (C=O) groups excluding carboxylic acids is 1.